The highest BCUT2D eigenvalue weighted by Gasteiger charge is 2.49. The predicted molar refractivity (Wildman–Crippen MR) is 235 cm³/mol. The van der Waals surface area contributed by atoms with Crippen molar-refractivity contribution in [2.24, 2.45) is 0 Å². The standard InChI is InChI=1S/C52H60BN/c1-31-23-36-32(2)35-26-38-40(52(12,13)30-51(38,10)11)27-42(35)53-43-28-39-41(50(8,9)22-21-49(39,6)7)29-45(43)54(46(24-31)47(36)53)44-20-19-34(48(3,4)5)25-37(44)33-17-15-14-16-18-33/h14-20,23-29,32H,21-22,30H2,1-13H3. The van der Waals surface area contributed by atoms with E-state index < -0.39 is 0 Å². The van der Waals surface area contributed by atoms with Crippen LogP contribution in [0, 0.1) is 6.92 Å². The predicted octanol–water partition coefficient (Wildman–Crippen LogP) is 12.0. The van der Waals surface area contributed by atoms with Gasteiger partial charge < -0.3 is 4.90 Å². The van der Waals surface area contributed by atoms with E-state index in [0.717, 1.165) is 0 Å². The molecule has 0 fully saturated rings. The molecule has 2 heteroatoms. The molecule has 0 saturated carbocycles. The molecule has 0 saturated heterocycles. The SMILES string of the molecule is Cc1cc2c3c(c1)N(c1ccc(C(C)(C)C)cc1-c1ccccc1)c1cc4c(cc1B3c1cc3c(cc1C2C)C(C)(C)CC3(C)C)C(C)(C)CCC4(C)C. The highest BCUT2D eigenvalue weighted by atomic mass is 15.2. The number of nitrogens with zero attached hydrogens (tertiary/aromatic N) is 1. The van der Waals surface area contributed by atoms with Crippen molar-refractivity contribution >= 4 is 40.2 Å². The molecule has 276 valence electrons. The van der Waals surface area contributed by atoms with Gasteiger partial charge in [0.25, 0.3) is 0 Å². The van der Waals surface area contributed by atoms with Crippen molar-refractivity contribution in [3.8, 4) is 11.1 Å². The lowest BCUT2D eigenvalue weighted by Crippen LogP contribution is -2.62. The van der Waals surface area contributed by atoms with E-state index in [1.807, 2.05) is 0 Å². The van der Waals surface area contributed by atoms with Gasteiger partial charge in [0, 0.05) is 22.9 Å². The number of fused-ring (bicyclic) bond motifs is 6. The summed E-state index contributed by atoms with van der Waals surface area (Å²) in [7, 11) is 0. The summed E-state index contributed by atoms with van der Waals surface area (Å²) in [6.07, 6.45) is 3.59. The maximum Gasteiger partial charge on any atom is 0.247 e. The molecule has 0 radical (unpaired) electrons. The summed E-state index contributed by atoms with van der Waals surface area (Å²) in [5, 5.41) is 0. The molecule has 9 rings (SSSR count). The molecule has 2 aliphatic heterocycles. The molecule has 54 heavy (non-hydrogen) atoms. The van der Waals surface area contributed by atoms with E-state index in [1.165, 1.54) is 91.7 Å². The van der Waals surface area contributed by atoms with Crippen LogP contribution in [-0.2, 0) is 27.1 Å². The van der Waals surface area contributed by atoms with Gasteiger partial charge in [-0.2, -0.15) is 0 Å². The number of anilines is 3. The van der Waals surface area contributed by atoms with Crippen LogP contribution in [0.3, 0.4) is 0 Å². The van der Waals surface area contributed by atoms with Crippen LogP contribution in [0.1, 0.15) is 153 Å². The van der Waals surface area contributed by atoms with Crippen LogP contribution in [0.25, 0.3) is 11.1 Å². The zero-order valence-electron chi connectivity index (χ0n) is 35.3. The topological polar surface area (TPSA) is 3.24 Å². The third-order valence-electron chi connectivity index (χ3n) is 14.4. The molecule has 0 spiro atoms. The smallest absolute Gasteiger partial charge is 0.247 e. The molecule has 1 unspecified atom stereocenters. The maximum absolute atomic E-state index is 2.70. The molecule has 1 nitrogen and oxygen atoms in total. The minimum Gasteiger partial charge on any atom is -0.311 e. The first kappa shape index (κ1) is 35.7. The molecule has 0 amide bonds. The van der Waals surface area contributed by atoms with Gasteiger partial charge in [0.15, 0.2) is 0 Å². The van der Waals surface area contributed by atoms with Gasteiger partial charge in [-0.3, -0.25) is 0 Å². The minimum atomic E-state index is 0.0336. The first-order valence-corrected chi connectivity index (χ1v) is 20.7. The number of rotatable bonds is 2. The number of benzene rings is 5. The molecule has 2 aliphatic carbocycles. The Morgan fingerprint density at radius 1 is 0.593 bits per heavy atom. The Labute approximate surface area is 326 Å². The highest BCUT2D eigenvalue weighted by molar-refractivity contribution is 6.99. The molecule has 0 aromatic heterocycles. The van der Waals surface area contributed by atoms with Gasteiger partial charge in [0.1, 0.15) is 0 Å². The van der Waals surface area contributed by atoms with E-state index >= 15 is 0 Å². The van der Waals surface area contributed by atoms with Crippen LogP contribution in [0.15, 0.2) is 84.9 Å². The fourth-order valence-corrected chi connectivity index (χ4v) is 11.5. The third-order valence-corrected chi connectivity index (χ3v) is 14.4. The summed E-state index contributed by atoms with van der Waals surface area (Å²) in [5.74, 6) is 0.308. The van der Waals surface area contributed by atoms with Crippen molar-refractivity contribution < 1.29 is 0 Å². The van der Waals surface area contributed by atoms with Crippen LogP contribution in [0.4, 0.5) is 17.1 Å². The zero-order valence-corrected chi connectivity index (χ0v) is 35.3. The van der Waals surface area contributed by atoms with Gasteiger partial charge in [-0.05, 0) is 139 Å². The monoisotopic (exact) mass is 709 g/mol. The quantitative estimate of drug-likeness (QED) is 0.162. The maximum atomic E-state index is 2.70. The van der Waals surface area contributed by atoms with Crippen molar-refractivity contribution in [2.45, 2.75) is 142 Å². The first-order valence-electron chi connectivity index (χ1n) is 20.7. The van der Waals surface area contributed by atoms with Gasteiger partial charge in [-0.25, -0.2) is 0 Å². The second-order valence-electron chi connectivity index (χ2n) is 21.3. The normalized spacial score (nSPS) is 20.8. The minimum absolute atomic E-state index is 0.0336. The molecule has 2 heterocycles. The Hall–Kier alpha value is -4.04. The van der Waals surface area contributed by atoms with Crippen molar-refractivity contribution in [1.82, 2.24) is 0 Å². The van der Waals surface area contributed by atoms with Crippen LogP contribution in [0.2, 0.25) is 0 Å². The second kappa shape index (κ2) is 11.3. The third kappa shape index (κ3) is 5.10. The summed E-state index contributed by atoms with van der Waals surface area (Å²) >= 11 is 0. The fraction of sp³-hybridized carbons (Fsp3) is 0.423. The average molecular weight is 710 g/mol. The second-order valence-corrected chi connectivity index (χ2v) is 21.3. The molecule has 5 aromatic rings. The Bertz CT molecular complexity index is 2380. The summed E-state index contributed by atoms with van der Waals surface area (Å²) < 4.78 is 0. The van der Waals surface area contributed by atoms with Gasteiger partial charge >= 0.3 is 0 Å². The van der Waals surface area contributed by atoms with Crippen LogP contribution >= 0.6 is 0 Å². The van der Waals surface area contributed by atoms with E-state index in [1.54, 1.807) is 16.7 Å². The van der Waals surface area contributed by atoms with E-state index in [-0.39, 0.29) is 33.8 Å². The Kier molecular flexibility index (Phi) is 7.44. The van der Waals surface area contributed by atoms with Crippen molar-refractivity contribution in [1.29, 1.82) is 0 Å². The van der Waals surface area contributed by atoms with E-state index in [0.29, 0.717) is 5.92 Å². The molecule has 5 aromatic carbocycles. The van der Waals surface area contributed by atoms with Crippen molar-refractivity contribution in [2.75, 3.05) is 4.90 Å². The van der Waals surface area contributed by atoms with E-state index in [2.05, 4.69) is 180 Å². The van der Waals surface area contributed by atoms with Gasteiger partial charge in [0.05, 0.1) is 5.69 Å². The average Bonchev–Trinajstić information content (AvgIpc) is 3.29. The van der Waals surface area contributed by atoms with Gasteiger partial charge in [-0.1, -0.05) is 149 Å². The summed E-state index contributed by atoms with van der Waals surface area (Å²) in [4.78, 5) is 2.70. The lowest BCUT2D eigenvalue weighted by molar-refractivity contribution is 0.332. The lowest BCUT2D eigenvalue weighted by atomic mass is 9.30. The number of hydrogen-bond acceptors (Lipinski definition) is 1. The van der Waals surface area contributed by atoms with Crippen molar-refractivity contribution in [3.63, 3.8) is 0 Å². The highest BCUT2D eigenvalue weighted by Crippen LogP contribution is 2.53. The molecule has 4 aliphatic rings. The largest absolute Gasteiger partial charge is 0.311 e. The van der Waals surface area contributed by atoms with Crippen LogP contribution in [-0.4, -0.2) is 6.71 Å². The van der Waals surface area contributed by atoms with E-state index in [4.69, 9.17) is 0 Å². The lowest BCUT2D eigenvalue weighted by Gasteiger charge is -2.47. The summed E-state index contributed by atoms with van der Waals surface area (Å²) in [6.45, 7) is 31.8. The Morgan fingerprint density at radius 2 is 1.19 bits per heavy atom. The van der Waals surface area contributed by atoms with Crippen molar-refractivity contribution in [3.05, 3.63) is 129 Å². The van der Waals surface area contributed by atoms with Crippen LogP contribution in [0.5, 0.6) is 0 Å². The molecule has 0 N–H and O–H groups in total. The number of aryl methyl sites for hydroxylation is 1. The van der Waals surface area contributed by atoms with Crippen LogP contribution < -0.4 is 21.3 Å². The summed E-state index contributed by atoms with van der Waals surface area (Å²) in [6, 6.07) is 34.2. The summed E-state index contributed by atoms with van der Waals surface area (Å²) in [5.41, 5.74) is 23.5. The number of hydrogen-bond donors (Lipinski definition) is 0. The first-order chi connectivity index (χ1) is 25.2. The zero-order chi connectivity index (χ0) is 38.5. The Morgan fingerprint density at radius 3 is 1.83 bits per heavy atom. The van der Waals surface area contributed by atoms with Gasteiger partial charge in [-0.15, -0.1) is 0 Å². The molecule has 0 bridgehead atoms. The van der Waals surface area contributed by atoms with E-state index in [9.17, 15) is 0 Å². The Balaban J connectivity index is 1.42. The molecule has 1 atom stereocenters. The molecular formula is C52H60BN. The van der Waals surface area contributed by atoms with Gasteiger partial charge in [0.2, 0.25) is 6.71 Å². The molecular weight excluding hydrogens is 649 g/mol. The fourth-order valence-electron chi connectivity index (χ4n) is 11.5.